The van der Waals surface area contributed by atoms with Gasteiger partial charge < -0.3 is 19.0 Å². The van der Waals surface area contributed by atoms with Crippen LogP contribution in [-0.4, -0.2) is 16.4 Å². The lowest BCUT2D eigenvalue weighted by atomic mass is 10.1. The van der Waals surface area contributed by atoms with Crippen LogP contribution >= 0.6 is 0 Å². The zero-order valence-corrected chi connectivity index (χ0v) is 12.9. The van der Waals surface area contributed by atoms with Gasteiger partial charge in [0.1, 0.15) is 17.3 Å². The van der Waals surface area contributed by atoms with Crippen LogP contribution < -0.4 is 10.3 Å². The molecule has 0 saturated heterocycles. The van der Waals surface area contributed by atoms with Crippen molar-refractivity contribution in [2.45, 2.75) is 6.54 Å². The van der Waals surface area contributed by atoms with Crippen LogP contribution in [-0.2, 0) is 6.54 Å². The van der Waals surface area contributed by atoms with E-state index in [2.05, 4.69) is 9.88 Å². The Balaban J connectivity index is 1.46. The Morgan fingerprint density at radius 3 is 3.00 bits per heavy atom. The SMILES string of the molecule is O=c1[nH]ccc2cc(OC3=CCN(Cc4ccco4)C=C3)ccc12. The first-order valence-corrected chi connectivity index (χ1v) is 7.72. The summed E-state index contributed by atoms with van der Waals surface area (Å²) in [4.78, 5) is 16.5. The highest BCUT2D eigenvalue weighted by molar-refractivity contribution is 5.82. The molecule has 24 heavy (non-hydrogen) atoms. The molecule has 0 bridgehead atoms. The van der Waals surface area contributed by atoms with Gasteiger partial charge in [0.05, 0.1) is 12.8 Å². The molecular weight excluding hydrogens is 304 g/mol. The summed E-state index contributed by atoms with van der Waals surface area (Å²) in [5.41, 5.74) is -0.0932. The maximum absolute atomic E-state index is 11.7. The van der Waals surface area contributed by atoms with E-state index in [-0.39, 0.29) is 5.56 Å². The Morgan fingerprint density at radius 2 is 2.21 bits per heavy atom. The van der Waals surface area contributed by atoms with Gasteiger partial charge in [-0.3, -0.25) is 4.79 Å². The third kappa shape index (κ3) is 2.96. The molecule has 3 aromatic rings. The summed E-state index contributed by atoms with van der Waals surface area (Å²) in [5.74, 6) is 2.43. The maximum atomic E-state index is 11.7. The molecule has 120 valence electrons. The van der Waals surface area contributed by atoms with Gasteiger partial charge in [0.15, 0.2) is 0 Å². The number of aromatic amines is 1. The Kier molecular flexibility index (Phi) is 3.67. The van der Waals surface area contributed by atoms with E-state index in [1.54, 1.807) is 18.5 Å². The molecule has 4 rings (SSSR count). The van der Waals surface area contributed by atoms with Crippen LogP contribution in [0.3, 0.4) is 0 Å². The molecule has 5 heteroatoms. The van der Waals surface area contributed by atoms with Crippen LogP contribution in [0.5, 0.6) is 5.75 Å². The molecule has 0 atom stereocenters. The molecule has 5 nitrogen and oxygen atoms in total. The number of rotatable bonds is 4. The molecule has 0 unspecified atom stereocenters. The predicted molar refractivity (Wildman–Crippen MR) is 91.5 cm³/mol. The number of allylic oxidation sites excluding steroid dienone is 1. The van der Waals surface area contributed by atoms with E-state index < -0.39 is 0 Å². The molecule has 1 aromatic carbocycles. The Hall–Kier alpha value is -3.21. The number of fused-ring (bicyclic) bond motifs is 1. The van der Waals surface area contributed by atoms with Gasteiger partial charge in [-0.1, -0.05) is 0 Å². The molecule has 1 aliphatic rings. The zero-order chi connectivity index (χ0) is 16.4. The maximum Gasteiger partial charge on any atom is 0.255 e. The number of hydrogen-bond acceptors (Lipinski definition) is 4. The van der Waals surface area contributed by atoms with Crippen molar-refractivity contribution in [3.63, 3.8) is 0 Å². The third-order valence-electron chi connectivity index (χ3n) is 3.90. The number of H-pyrrole nitrogens is 1. The molecule has 0 radical (unpaired) electrons. The quantitative estimate of drug-likeness (QED) is 0.800. The standard InChI is InChI=1S/C19H16N2O3/c22-19-18-4-3-16(12-14(18)5-8-20-19)24-15-6-9-21(10-7-15)13-17-2-1-11-23-17/h1-9,11-12H,10,13H2,(H,20,22). The summed E-state index contributed by atoms with van der Waals surface area (Å²) in [5, 5.41) is 1.51. The van der Waals surface area contributed by atoms with Crippen molar-refractivity contribution in [2.24, 2.45) is 0 Å². The van der Waals surface area contributed by atoms with E-state index in [9.17, 15) is 4.79 Å². The number of furan rings is 1. The molecule has 3 heterocycles. The fourth-order valence-electron chi connectivity index (χ4n) is 2.68. The summed E-state index contributed by atoms with van der Waals surface area (Å²) < 4.78 is 11.3. The molecule has 0 amide bonds. The van der Waals surface area contributed by atoms with Crippen molar-refractivity contribution in [3.8, 4) is 5.75 Å². The van der Waals surface area contributed by atoms with Crippen LogP contribution in [0, 0.1) is 0 Å². The molecule has 0 saturated carbocycles. The van der Waals surface area contributed by atoms with Crippen LogP contribution in [0.15, 0.2) is 82.2 Å². The van der Waals surface area contributed by atoms with Gasteiger partial charge in [0, 0.05) is 24.3 Å². The number of nitrogens with one attached hydrogen (secondary N) is 1. The third-order valence-corrected chi connectivity index (χ3v) is 3.90. The minimum Gasteiger partial charge on any atom is -0.467 e. The minimum absolute atomic E-state index is 0.0932. The smallest absolute Gasteiger partial charge is 0.255 e. The minimum atomic E-state index is -0.0932. The lowest BCUT2D eigenvalue weighted by molar-refractivity contribution is 0.340. The van der Waals surface area contributed by atoms with Gasteiger partial charge in [-0.25, -0.2) is 0 Å². The van der Waals surface area contributed by atoms with E-state index in [4.69, 9.17) is 9.15 Å². The van der Waals surface area contributed by atoms with Gasteiger partial charge in [0.25, 0.3) is 5.56 Å². The Morgan fingerprint density at radius 1 is 1.25 bits per heavy atom. The summed E-state index contributed by atoms with van der Waals surface area (Å²) in [6.45, 7) is 1.48. The number of nitrogens with zero attached hydrogens (tertiary/aromatic N) is 1. The van der Waals surface area contributed by atoms with Crippen LogP contribution in [0.2, 0.25) is 0 Å². The van der Waals surface area contributed by atoms with E-state index in [1.165, 1.54) is 0 Å². The van der Waals surface area contributed by atoms with Crippen LogP contribution in [0.4, 0.5) is 0 Å². The Labute approximate surface area is 138 Å². The number of ether oxygens (including phenoxy) is 1. The van der Waals surface area contributed by atoms with Gasteiger partial charge in [-0.15, -0.1) is 0 Å². The Bertz CT molecular complexity index is 968. The molecule has 2 aromatic heterocycles. The second-order valence-electron chi connectivity index (χ2n) is 5.59. The van der Waals surface area contributed by atoms with E-state index in [0.29, 0.717) is 11.1 Å². The topological polar surface area (TPSA) is 58.5 Å². The summed E-state index contributed by atoms with van der Waals surface area (Å²) in [7, 11) is 0. The van der Waals surface area contributed by atoms with E-state index in [1.807, 2.05) is 48.7 Å². The van der Waals surface area contributed by atoms with Crippen molar-refractivity contribution in [2.75, 3.05) is 6.54 Å². The largest absolute Gasteiger partial charge is 0.467 e. The predicted octanol–water partition coefficient (Wildman–Crippen LogP) is 3.41. The second-order valence-corrected chi connectivity index (χ2v) is 5.59. The average molecular weight is 320 g/mol. The van der Waals surface area contributed by atoms with Crippen molar-refractivity contribution in [1.82, 2.24) is 9.88 Å². The first-order valence-electron chi connectivity index (χ1n) is 7.72. The average Bonchev–Trinajstić information content (AvgIpc) is 3.10. The van der Waals surface area contributed by atoms with Gasteiger partial charge >= 0.3 is 0 Å². The monoisotopic (exact) mass is 320 g/mol. The van der Waals surface area contributed by atoms with Crippen LogP contribution in [0.25, 0.3) is 10.8 Å². The lowest BCUT2D eigenvalue weighted by Crippen LogP contribution is -2.20. The van der Waals surface area contributed by atoms with Gasteiger partial charge in [0.2, 0.25) is 0 Å². The fraction of sp³-hybridized carbons (Fsp3) is 0.105. The lowest BCUT2D eigenvalue weighted by Gasteiger charge is -2.21. The van der Waals surface area contributed by atoms with Crippen molar-refractivity contribution >= 4 is 10.8 Å². The summed E-state index contributed by atoms with van der Waals surface area (Å²) in [6.07, 6.45) is 9.25. The molecule has 1 N–H and O–H groups in total. The van der Waals surface area contributed by atoms with Crippen LogP contribution in [0.1, 0.15) is 5.76 Å². The number of aromatic nitrogens is 1. The van der Waals surface area contributed by atoms with E-state index in [0.717, 1.165) is 30.0 Å². The number of hydrogen-bond donors (Lipinski definition) is 1. The molecule has 0 aliphatic carbocycles. The van der Waals surface area contributed by atoms with E-state index >= 15 is 0 Å². The summed E-state index contributed by atoms with van der Waals surface area (Å²) >= 11 is 0. The normalized spacial score (nSPS) is 14.0. The number of pyridine rings is 1. The molecule has 0 spiro atoms. The molecule has 1 aliphatic heterocycles. The fourth-order valence-corrected chi connectivity index (χ4v) is 2.68. The van der Waals surface area contributed by atoms with Crippen molar-refractivity contribution < 1.29 is 9.15 Å². The summed E-state index contributed by atoms with van der Waals surface area (Å²) in [6, 6.07) is 11.2. The van der Waals surface area contributed by atoms with Crippen molar-refractivity contribution in [1.29, 1.82) is 0 Å². The highest BCUT2D eigenvalue weighted by Gasteiger charge is 2.09. The zero-order valence-electron chi connectivity index (χ0n) is 12.9. The molecular formula is C19H16N2O3. The van der Waals surface area contributed by atoms with Crippen molar-refractivity contribution in [3.05, 3.63) is 89.1 Å². The van der Waals surface area contributed by atoms with Gasteiger partial charge in [-0.2, -0.15) is 0 Å². The first kappa shape index (κ1) is 14.4. The van der Waals surface area contributed by atoms with Gasteiger partial charge in [-0.05, 0) is 53.9 Å². The highest BCUT2D eigenvalue weighted by Crippen LogP contribution is 2.21. The molecule has 0 fully saturated rings. The first-order chi connectivity index (χ1) is 11.8. The highest BCUT2D eigenvalue weighted by atomic mass is 16.5. The second kappa shape index (κ2) is 6.12. The number of benzene rings is 1.